The van der Waals surface area contributed by atoms with Crippen LogP contribution in [0.25, 0.3) is 0 Å². The van der Waals surface area contributed by atoms with E-state index in [1.807, 2.05) is 27.7 Å². The molecule has 0 aliphatic carbocycles. The molecular formula is C22H40O7. The van der Waals surface area contributed by atoms with E-state index >= 15 is 0 Å². The number of carbonyl (C=O) groups is 3. The molecule has 4 N–H and O–H groups in total. The predicted octanol–water partition coefficient (Wildman–Crippen LogP) is 4.56. The maximum atomic E-state index is 12.6. The minimum Gasteiger partial charge on any atom is -0.481 e. The van der Waals surface area contributed by atoms with Crippen molar-refractivity contribution >= 4 is 17.9 Å². The molecule has 0 amide bonds. The third kappa shape index (κ3) is 7.28. The average Bonchev–Trinajstić information content (AvgIpc) is 2.65. The molecule has 7 heteroatoms. The zero-order chi connectivity index (χ0) is 22.7. The van der Waals surface area contributed by atoms with E-state index in [9.17, 15) is 34.8 Å². The molecule has 0 bridgehead atoms. The molecule has 7 nitrogen and oxygen atoms in total. The Labute approximate surface area is 174 Å². The van der Waals surface area contributed by atoms with Gasteiger partial charge in [0.05, 0.1) is 6.42 Å². The van der Waals surface area contributed by atoms with Gasteiger partial charge in [-0.25, -0.2) is 4.79 Å². The molecule has 0 aliphatic rings. The summed E-state index contributed by atoms with van der Waals surface area (Å²) in [4.78, 5) is 36.1. The van der Waals surface area contributed by atoms with Gasteiger partial charge >= 0.3 is 17.9 Å². The lowest BCUT2D eigenvalue weighted by atomic mass is 9.60. The minimum absolute atomic E-state index is 0.0441. The van der Waals surface area contributed by atoms with Gasteiger partial charge < -0.3 is 20.4 Å². The molecule has 0 aromatic rings. The molecule has 0 saturated carbocycles. The van der Waals surface area contributed by atoms with Crippen LogP contribution in [0.5, 0.6) is 0 Å². The summed E-state index contributed by atoms with van der Waals surface area (Å²) >= 11 is 0. The lowest BCUT2D eigenvalue weighted by Crippen LogP contribution is -2.60. The van der Waals surface area contributed by atoms with E-state index < -0.39 is 35.3 Å². The summed E-state index contributed by atoms with van der Waals surface area (Å²) in [5.74, 6) is -4.93. The van der Waals surface area contributed by atoms with E-state index in [0.717, 1.165) is 38.5 Å². The van der Waals surface area contributed by atoms with Crippen LogP contribution in [0.3, 0.4) is 0 Å². The molecule has 29 heavy (non-hydrogen) atoms. The summed E-state index contributed by atoms with van der Waals surface area (Å²) in [5, 5.41) is 40.5. The summed E-state index contributed by atoms with van der Waals surface area (Å²) in [7, 11) is 0. The van der Waals surface area contributed by atoms with Gasteiger partial charge in [-0.3, -0.25) is 9.59 Å². The van der Waals surface area contributed by atoms with E-state index in [1.54, 1.807) is 0 Å². The van der Waals surface area contributed by atoms with Crippen molar-refractivity contribution in [2.75, 3.05) is 0 Å². The van der Waals surface area contributed by atoms with Gasteiger partial charge in [-0.05, 0) is 24.7 Å². The zero-order valence-electron chi connectivity index (χ0n) is 18.4. The SMILES string of the molecule is CCCCC(CC)CC(CC(CC)CCCC)(C(=O)O)C(O)(CC(=O)O)C(=O)O. The molecule has 0 rings (SSSR count). The van der Waals surface area contributed by atoms with Gasteiger partial charge in [-0.15, -0.1) is 0 Å². The Hall–Kier alpha value is -1.63. The number of carboxylic acids is 3. The Bertz CT molecular complexity index is 513. The Morgan fingerprint density at radius 1 is 0.759 bits per heavy atom. The molecule has 0 fully saturated rings. The van der Waals surface area contributed by atoms with Gasteiger partial charge in [0.2, 0.25) is 0 Å². The first-order valence-electron chi connectivity index (χ1n) is 10.9. The number of unbranched alkanes of at least 4 members (excludes halogenated alkanes) is 2. The first-order valence-corrected chi connectivity index (χ1v) is 10.9. The smallest absolute Gasteiger partial charge is 0.337 e. The Balaban J connectivity index is 6.40. The van der Waals surface area contributed by atoms with Crippen LogP contribution in [0, 0.1) is 17.3 Å². The van der Waals surface area contributed by atoms with E-state index in [2.05, 4.69) is 0 Å². The van der Waals surface area contributed by atoms with Crippen LogP contribution in [-0.2, 0) is 14.4 Å². The number of carboxylic acid groups (broad SMARTS) is 3. The van der Waals surface area contributed by atoms with Gasteiger partial charge in [0.15, 0.2) is 5.60 Å². The number of aliphatic hydroxyl groups is 1. The molecular weight excluding hydrogens is 376 g/mol. The van der Waals surface area contributed by atoms with E-state index in [1.165, 1.54) is 0 Å². The third-order valence-electron chi connectivity index (χ3n) is 6.32. The topological polar surface area (TPSA) is 132 Å². The molecule has 0 aromatic heterocycles. The lowest BCUT2D eigenvalue weighted by molar-refractivity contribution is -0.199. The molecule has 0 saturated heterocycles. The number of hydrogen-bond acceptors (Lipinski definition) is 4. The van der Waals surface area contributed by atoms with Crippen molar-refractivity contribution in [3.8, 4) is 0 Å². The summed E-state index contributed by atoms with van der Waals surface area (Å²) < 4.78 is 0. The van der Waals surface area contributed by atoms with Crippen molar-refractivity contribution < 1.29 is 34.8 Å². The number of aliphatic carboxylic acids is 3. The fourth-order valence-electron chi connectivity index (χ4n) is 4.31. The van der Waals surface area contributed by atoms with Gasteiger partial charge in [-0.1, -0.05) is 79.1 Å². The van der Waals surface area contributed by atoms with Crippen LogP contribution < -0.4 is 0 Å². The standard InChI is InChI=1S/C22H40O7/c1-5-9-11-16(7-3)13-21(19(25)26,14-17(8-4)12-10-6-2)22(29,20(27)28)15-18(23)24/h16-17,29H,5-15H2,1-4H3,(H,23,24)(H,25,26)(H,27,28). The Kier molecular flexibility index (Phi) is 12.1. The largest absolute Gasteiger partial charge is 0.481 e. The number of hydrogen-bond donors (Lipinski definition) is 4. The Morgan fingerprint density at radius 2 is 1.17 bits per heavy atom. The zero-order valence-corrected chi connectivity index (χ0v) is 18.4. The van der Waals surface area contributed by atoms with Crippen LogP contribution in [-0.4, -0.2) is 43.9 Å². The molecule has 3 atom stereocenters. The molecule has 0 aliphatic heterocycles. The highest BCUT2D eigenvalue weighted by atomic mass is 16.4. The van der Waals surface area contributed by atoms with Crippen LogP contribution in [0.15, 0.2) is 0 Å². The fraction of sp³-hybridized carbons (Fsp3) is 0.864. The summed E-state index contributed by atoms with van der Waals surface area (Å²) in [6, 6.07) is 0. The molecule has 0 radical (unpaired) electrons. The van der Waals surface area contributed by atoms with Crippen molar-refractivity contribution in [1.82, 2.24) is 0 Å². The van der Waals surface area contributed by atoms with Crippen molar-refractivity contribution in [3.05, 3.63) is 0 Å². The first kappa shape index (κ1) is 27.4. The third-order valence-corrected chi connectivity index (χ3v) is 6.32. The molecule has 170 valence electrons. The van der Waals surface area contributed by atoms with Crippen molar-refractivity contribution in [2.45, 2.75) is 104 Å². The molecule has 0 aromatic carbocycles. The van der Waals surface area contributed by atoms with E-state index in [-0.39, 0.29) is 24.7 Å². The van der Waals surface area contributed by atoms with Crippen LogP contribution in [0.2, 0.25) is 0 Å². The van der Waals surface area contributed by atoms with Crippen molar-refractivity contribution in [2.24, 2.45) is 17.3 Å². The van der Waals surface area contributed by atoms with Crippen LogP contribution in [0.1, 0.15) is 98.3 Å². The summed E-state index contributed by atoms with van der Waals surface area (Å²) in [6.45, 7) is 7.87. The monoisotopic (exact) mass is 416 g/mol. The minimum atomic E-state index is -2.87. The lowest BCUT2D eigenvalue weighted by Gasteiger charge is -2.44. The molecule has 3 unspecified atom stereocenters. The highest BCUT2D eigenvalue weighted by molar-refractivity contribution is 5.92. The van der Waals surface area contributed by atoms with Crippen LogP contribution >= 0.6 is 0 Å². The van der Waals surface area contributed by atoms with Crippen LogP contribution in [0.4, 0.5) is 0 Å². The second-order valence-electron chi connectivity index (χ2n) is 8.36. The van der Waals surface area contributed by atoms with E-state index in [4.69, 9.17) is 0 Å². The first-order chi connectivity index (χ1) is 13.5. The highest BCUT2D eigenvalue weighted by Crippen LogP contribution is 2.48. The number of rotatable bonds is 17. The second-order valence-corrected chi connectivity index (χ2v) is 8.36. The van der Waals surface area contributed by atoms with Crippen molar-refractivity contribution in [1.29, 1.82) is 0 Å². The van der Waals surface area contributed by atoms with Crippen molar-refractivity contribution in [3.63, 3.8) is 0 Å². The maximum absolute atomic E-state index is 12.6. The quantitative estimate of drug-likeness (QED) is 0.273. The molecule has 0 heterocycles. The van der Waals surface area contributed by atoms with Gasteiger partial charge in [0, 0.05) is 0 Å². The average molecular weight is 417 g/mol. The highest BCUT2D eigenvalue weighted by Gasteiger charge is 2.62. The fourth-order valence-corrected chi connectivity index (χ4v) is 4.31. The normalized spacial score (nSPS) is 17.7. The molecule has 0 spiro atoms. The maximum Gasteiger partial charge on any atom is 0.337 e. The van der Waals surface area contributed by atoms with E-state index in [0.29, 0.717) is 12.8 Å². The summed E-state index contributed by atoms with van der Waals surface area (Å²) in [5.41, 5.74) is -4.93. The summed E-state index contributed by atoms with van der Waals surface area (Å²) in [6.07, 6.45) is 5.07. The van der Waals surface area contributed by atoms with Gasteiger partial charge in [0.25, 0.3) is 0 Å². The van der Waals surface area contributed by atoms with Gasteiger partial charge in [-0.2, -0.15) is 0 Å². The van der Waals surface area contributed by atoms with Gasteiger partial charge in [0.1, 0.15) is 5.41 Å². The predicted molar refractivity (Wildman–Crippen MR) is 111 cm³/mol. The second kappa shape index (κ2) is 12.8. The Morgan fingerprint density at radius 3 is 1.41 bits per heavy atom.